The highest BCUT2D eigenvalue weighted by molar-refractivity contribution is 4.79. The van der Waals surface area contributed by atoms with Gasteiger partial charge in [-0.1, -0.05) is 0 Å². The van der Waals surface area contributed by atoms with E-state index < -0.39 is 31.3 Å². The summed E-state index contributed by atoms with van der Waals surface area (Å²) >= 11 is 0. The number of aliphatic hydroxyl groups is 1. The molecule has 7 heteroatoms. The minimum Gasteiger partial charge on any atom is -0.362 e. The van der Waals surface area contributed by atoms with Crippen LogP contribution in [0.4, 0.5) is 26.3 Å². The minimum atomic E-state index is -3.74. The van der Waals surface area contributed by atoms with Gasteiger partial charge in [0.2, 0.25) is 6.36 Å². The fraction of sp³-hybridized carbons (Fsp3) is 1.00. The van der Waals surface area contributed by atoms with Crippen LogP contribution in [0.25, 0.3) is 0 Å². The van der Waals surface area contributed by atoms with Gasteiger partial charge in [0, 0.05) is 0 Å². The topological polar surface area (TPSA) is 20.2 Å². The summed E-state index contributed by atoms with van der Waals surface area (Å²) in [5.74, 6) is 0. The van der Waals surface area contributed by atoms with Crippen LogP contribution in [0.15, 0.2) is 0 Å². The van der Waals surface area contributed by atoms with Gasteiger partial charge in [-0.15, -0.1) is 0 Å². The Bertz CT molecular complexity index is 115. The van der Waals surface area contributed by atoms with Crippen molar-refractivity contribution in [3.63, 3.8) is 0 Å². The average Bonchev–Trinajstić information content (AvgIpc) is 2.00. The van der Waals surface area contributed by atoms with Gasteiger partial charge < -0.3 is 5.11 Å². The zero-order valence-corrected chi connectivity index (χ0v) is 5.60. The quantitative estimate of drug-likeness (QED) is 0.676. The van der Waals surface area contributed by atoms with E-state index in [2.05, 4.69) is 0 Å². The molecule has 0 aromatic carbocycles. The van der Waals surface area contributed by atoms with E-state index in [4.69, 9.17) is 5.11 Å². The molecular formula is C5H6F6O. The summed E-state index contributed by atoms with van der Waals surface area (Å²) in [5.41, 5.74) is 0. The van der Waals surface area contributed by atoms with Crippen LogP contribution in [-0.2, 0) is 0 Å². The lowest BCUT2D eigenvalue weighted by atomic mass is 10.1. The maximum Gasteiger partial charge on any atom is 0.272 e. The minimum absolute atomic E-state index is 3.28. The molecule has 0 rings (SSSR count). The molecule has 74 valence electrons. The van der Waals surface area contributed by atoms with Crippen molar-refractivity contribution < 1.29 is 31.4 Å². The molecule has 12 heavy (non-hydrogen) atoms. The Kier molecular flexibility index (Phi) is 4.36. The fourth-order valence-corrected chi connectivity index (χ4v) is 0.466. The first-order chi connectivity index (χ1) is 5.37. The molecule has 0 aliphatic rings. The molecule has 1 N–H and O–H groups in total. The Labute approximate surface area is 64.0 Å². The van der Waals surface area contributed by atoms with Crippen LogP contribution >= 0.6 is 0 Å². The van der Waals surface area contributed by atoms with Gasteiger partial charge in [-0.3, -0.25) is 0 Å². The van der Waals surface area contributed by atoms with Crippen LogP contribution in [0.5, 0.6) is 0 Å². The molecule has 4 unspecified atom stereocenters. The Morgan fingerprint density at radius 3 is 1.33 bits per heavy atom. The third kappa shape index (κ3) is 2.88. The molecule has 0 heterocycles. The maximum absolute atomic E-state index is 12.1. The van der Waals surface area contributed by atoms with E-state index in [9.17, 15) is 26.3 Å². The SMILES string of the molecule is OC(F)C(F)C(F)C(F)C(F)F. The van der Waals surface area contributed by atoms with Crippen molar-refractivity contribution in [1.29, 1.82) is 0 Å². The highest BCUT2D eigenvalue weighted by Crippen LogP contribution is 2.20. The third-order valence-corrected chi connectivity index (χ3v) is 1.11. The average molecular weight is 196 g/mol. The standard InChI is InChI=1S/C5H6F6O/c6-1(2(7)4(9)10)3(8)5(11)12/h1-5,12H. The summed E-state index contributed by atoms with van der Waals surface area (Å²) in [6.07, 6.45) is -17.1. The summed E-state index contributed by atoms with van der Waals surface area (Å²) in [4.78, 5) is 0. The normalized spacial score (nSPS) is 22.0. The summed E-state index contributed by atoms with van der Waals surface area (Å²) in [5, 5.41) is 7.73. The van der Waals surface area contributed by atoms with Crippen LogP contribution in [0.3, 0.4) is 0 Å². The van der Waals surface area contributed by atoms with Gasteiger partial charge in [0.25, 0.3) is 6.43 Å². The summed E-state index contributed by atoms with van der Waals surface area (Å²) in [6.45, 7) is 0. The summed E-state index contributed by atoms with van der Waals surface area (Å²) < 4.78 is 70.0. The number of aliphatic hydroxyl groups excluding tert-OH is 1. The molecule has 0 radical (unpaired) electrons. The Balaban J connectivity index is 4.08. The molecule has 0 bridgehead atoms. The van der Waals surface area contributed by atoms with Crippen molar-refractivity contribution in [2.75, 3.05) is 0 Å². The number of hydrogen-bond donors (Lipinski definition) is 1. The fourth-order valence-electron chi connectivity index (χ4n) is 0.466. The van der Waals surface area contributed by atoms with Crippen molar-refractivity contribution in [2.45, 2.75) is 31.3 Å². The Morgan fingerprint density at radius 2 is 1.08 bits per heavy atom. The zero-order chi connectivity index (χ0) is 9.89. The Hall–Kier alpha value is -0.460. The first-order valence-corrected chi connectivity index (χ1v) is 2.90. The lowest BCUT2D eigenvalue weighted by Gasteiger charge is -2.16. The third-order valence-electron chi connectivity index (χ3n) is 1.11. The van der Waals surface area contributed by atoms with Crippen molar-refractivity contribution in [3.8, 4) is 0 Å². The molecule has 0 aromatic rings. The molecular weight excluding hydrogens is 190 g/mol. The predicted molar refractivity (Wildman–Crippen MR) is 27.8 cm³/mol. The second-order valence-electron chi connectivity index (χ2n) is 2.04. The van der Waals surface area contributed by atoms with Gasteiger partial charge in [0.1, 0.15) is 0 Å². The van der Waals surface area contributed by atoms with Crippen molar-refractivity contribution in [3.05, 3.63) is 0 Å². The van der Waals surface area contributed by atoms with Crippen molar-refractivity contribution in [1.82, 2.24) is 0 Å². The molecule has 0 aliphatic heterocycles. The monoisotopic (exact) mass is 196 g/mol. The first-order valence-electron chi connectivity index (χ1n) is 2.90. The second kappa shape index (κ2) is 4.54. The number of rotatable bonds is 4. The Morgan fingerprint density at radius 1 is 0.667 bits per heavy atom. The molecule has 0 aromatic heterocycles. The maximum atomic E-state index is 12.1. The molecule has 1 nitrogen and oxygen atoms in total. The largest absolute Gasteiger partial charge is 0.362 e. The van der Waals surface area contributed by atoms with Crippen molar-refractivity contribution in [2.24, 2.45) is 0 Å². The molecule has 0 saturated carbocycles. The van der Waals surface area contributed by atoms with Crippen LogP contribution in [-0.4, -0.2) is 36.4 Å². The van der Waals surface area contributed by atoms with Gasteiger partial charge in [-0.25, -0.2) is 26.3 Å². The van der Waals surface area contributed by atoms with E-state index in [0.29, 0.717) is 0 Å². The van der Waals surface area contributed by atoms with E-state index in [1.165, 1.54) is 0 Å². The lowest BCUT2D eigenvalue weighted by Crippen LogP contribution is -2.38. The first kappa shape index (κ1) is 11.5. The van der Waals surface area contributed by atoms with E-state index in [0.717, 1.165) is 0 Å². The summed E-state index contributed by atoms with van der Waals surface area (Å²) in [7, 11) is 0. The number of alkyl halides is 6. The molecule has 0 spiro atoms. The van der Waals surface area contributed by atoms with Gasteiger partial charge in [-0.2, -0.15) is 0 Å². The number of hydrogen-bond acceptors (Lipinski definition) is 1. The molecule has 4 atom stereocenters. The van der Waals surface area contributed by atoms with Crippen molar-refractivity contribution >= 4 is 0 Å². The van der Waals surface area contributed by atoms with E-state index >= 15 is 0 Å². The lowest BCUT2D eigenvalue weighted by molar-refractivity contribution is -0.0945. The van der Waals surface area contributed by atoms with E-state index in [1.54, 1.807) is 0 Å². The van der Waals surface area contributed by atoms with Crippen LogP contribution < -0.4 is 0 Å². The van der Waals surface area contributed by atoms with Crippen LogP contribution in [0.2, 0.25) is 0 Å². The van der Waals surface area contributed by atoms with Gasteiger partial charge >= 0.3 is 0 Å². The van der Waals surface area contributed by atoms with E-state index in [1.807, 2.05) is 0 Å². The summed E-state index contributed by atoms with van der Waals surface area (Å²) in [6, 6.07) is 0. The molecule has 0 saturated heterocycles. The zero-order valence-electron chi connectivity index (χ0n) is 5.60. The molecule has 0 amide bonds. The molecule has 0 fully saturated rings. The van der Waals surface area contributed by atoms with Crippen LogP contribution in [0, 0.1) is 0 Å². The highest BCUT2D eigenvalue weighted by atomic mass is 19.3. The number of halogens is 6. The van der Waals surface area contributed by atoms with Gasteiger partial charge in [-0.05, 0) is 0 Å². The van der Waals surface area contributed by atoms with Crippen LogP contribution in [0.1, 0.15) is 0 Å². The molecule has 0 aliphatic carbocycles. The highest BCUT2D eigenvalue weighted by Gasteiger charge is 2.39. The van der Waals surface area contributed by atoms with Gasteiger partial charge in [0.05, 0.1) is 0 Å². The van der Waals surface area contributed by atoms with E-state index in [-0.39, 0.29) is 0 Å². The smallest absolute Gasteiger partial charge is 0.272 e. The second-order valence-corrected chi connectivity index (χ2v) is 2.04. The predicted octanol–water partition coefficient (Wildman–Crippen LogP) is 1.55. The van der Waals surface area contributed by atoms with Gasteiger partial charge in [0.15, 0.2) is 18.5 Å².